The molecule has 23 heavy (non-hydrogen) atoms. The molecule has 9 heteroatoms. The van der Waals surface area contributed by atoms with Crippen LogP contribution in [0.4, 0.5) is 11.4 Å². The number of benzene rings is 1. The maximum Gasteiger partial charge on any atom is 0.338 e. The number of carbonyl (C=O) groups excluding carboxylic acids is 1. The Hall–Kier alpha value is -2.03. The number of non-ortho nitro benzene ring substituents is 2. The third kappa shape index (κ3) is 6.31. The number of nitrogens with zero attached hydrogens (tertiary/aromatic N) is 2. The topological polar surface area (TPSA) is 113 Å². The summed E-state index contributed by atoms with van der Waals surface area (Å²) in [6, 6.07) is 2.76. The summed E-state index contributed by atoms with van der Waals surface area (Å²) >= 11 is 3.34. The van der Waals surface area contributed by atoms with Crippen LogP contribution >= 0.6 is 15.9 Å². The molecule has 1 rings (SSSR count). The number of alkyl halides is 1. The first-order valence-corrected chi connectivity index (χ1v) is 8.14. The van der Waals surface area contributed by atoms with E-state index in [9.17, 15) is 25.0 Å². The molecule has 0 spiro atoms. The third-order valence-electron chi connectivity index (χ3n) is 3.23. The SMILES string of the molecule is CC(CCCBr)CCOC(=O)c1cc([N+](=O)[O-])cc([N+](=O)[O-])c1. The molecular weight excluding hydrogens is 372 g/mol. The number of nitro groups is 2. The lowest BCUT2D eigenvalue weighted by molar-refractivity contribution is -0.394. The maximum absolute atomic E-state index is 11.9. The van der Waals surface area contributed by atoms with Gasteiger partial charge in [-0.1, -0.05) is 22.9 Å². The van der Waals surface area contributed by atoms with Crippen molar-refractivity contribution >= 4 is 33.3 Å². The number of ether oxygens (including phenoxy) is 1. The second-order valence-electron chi connectivity index (χ2n) is 5.11. The van der Waals surface area contributed by atoms with Crippen molar-refractivity contribution in [2.24, 2.45) is 5.92 Å². The van der Waals surface area contributed by atoms with E-state index in [1.807, 2.05) is 6.92 Å². The van der Waals surface area contributed by atoms with E-state index in [1.54, 1.807) is 0 Å². The minimum Gasteiger partial charge on any atom is -0.462 e. The van der Waals surface area contributed by atoms with Crippen LogP contribution in [0.25, 0.3) is 0 Å². The second kappa shape index (κ2) is 9.19. The number of hydrogen-bond acceptors (Lipinski definition) is 6. The van der Waals surface area contributed by atoms with Gasteiger partial charge in [0.1, 0.15) is 0 Å². The largest absolute Gasteiger partial charge is 0.462 e. The first-order valence-electron chi connectivity index (χ1n) is 7.02. The molecule has 0 radical (unpaired) electrons. The number of esters is 1. The van der Waals surface area contributed by atoms with Gasteiger partial charge in [-0.05, 0) is 25.2 Å². The van der Waals surface area contributed by atoms with Crippen LogP contribution in [0, 0.1) is 26.1 Å². The lowest BCUT2D eigenvalue weighted by atomic mass is 10.0. The zero-order valence-electron chi connectivity index (χ0n) is 12.6. The molecule has 0 aliphatic rings. The van der Waals surface area contributed by atoms with Crippen molar-refractivity contribution in [2.45, 2.75) is 26.2 Å². The fraction of sp³-hybridized carbons (Fsp3) is 0.500. The molecule has 0 N–H and O–H groups in total. The first kappa shape index (κ1) is 19.0. The summed E-state index contributed by atoms with van der Waals surface area (Å²) in [5.74, 6) is -0.427. The summed E-state index contributed by atoms with van der Waals surface area (Å²) in [6.45, 7) is 2.20. The summed E-state index contributed by atoms with van der Waals surface area (Å²) in [6.07, 6.45) is 2.67. The Kier molecular flexibility index (Phi) is 7.60. The van der Waals surface area contributed by atoms with E-state index in [2.05, 4.69) is 15.9 Å². The molecule has 1 unspecified atom stereocenters. The average Bonchev–Trinajstić information content (AvgIpc) is 2.52. The molecule has 0 aliphatic carbocycles. The van der Waals surface area contributed by atoms with Gasteiger partial charge in [0, 0.05) is 17.5 Å². The summed E-state index contributed by atoms with van der Waals surface area (Å²) in [5, 5.41) is 22.5. The third-order valence-corrected chi connectivity index (χ3v) is 3.79. The summed E-state index contributed by atoms with van der Waals surface area (Å²) < 4.78 is 5.05. The minimum absolute atomic E-state index is 0.165. The maximum atomic E-state index is 11.9. The van der Waals surface area contributed by atoms with Crippen LogP contribution in [0.5, 0.6) is 0 Å². The van der Waals surface area contributed by atoms with Gasteiger partial charge in [-0.3, -0.25) is 20.2 Å². The first-order chi connectivity index (χ1) is 10.8. The Morgan fingerprint density at radius 3 is 2.22 bits per heavy atom. The highest BCUT2D eigenvalue weighted by molar-refractivity contribution is 9.09. The summed E-state index contributed by atoms with van der Waals surface area (Å²) in [5.41, 5.74) is -1.23. The molecule has 0 aromatic heterocycles. The van der Waals surface area contributed by atoms with Gasteiger partial charge in [0.05, 0.1) is 28.1 Å². The van der Waals surface area contributed by atoms with E-state index in [4.69, 9.17) is 4.74 Å². The number of rotatable bonds is 9. The van der Waals surface area contributed by atoms with E-state index in [0.717, 1.165) is 36.4 Å². The van der Waals surface area contributed by atoms with Crippen LogP contribution in [0.3, 0.4) is 0 Å². The summed E-state index contributed by atoms with van der Waals surface area (Å²) in [7, 11) is 0. The number of halogens is 1. The van der Waals surface area contributed by atoms with Crippen molar-refractivity contribution in [2.75, 3.05) is 11.9 Å². The lowest BCUT2D eigenvalue weighted by Gasteiger charge is -2.10. The normalized spacial score (nSPS) is 11.7. The molecule has 1 atom stereocenters. The van der Waals surface area contributed by atoms with Gasteiger partial charge in [-0.15, -0.1) is 0 Å². The molecule has 0 saturated heterocycles. The van der Waals surface area contributed by atoms with Crippen molar-refractivity contribution < 1.29 is 19.4 Å². The van der Waals surface area contributed by atoms with Crippen molar-refractivity contribution in [1.82, 2.24) is 0 Å². The molecule has 0 fully saturated rings. The van der Waals surface area contributed by atoms with Gasteiger partial charge in [-0.25, -0.2) is 4.79 Å². The zero-order valence-corrected chi connectivity index (χ0v) is 14.2. The van der Waals surface area contributed by atoms with E-state index >= 15 is 0 Å². The van der Waals surface area contributed by atoms with E-state index in [-0.39, 0.29) is 12.2 Å². The van der Waals surface area contributed by atoms with E-state index < -0.39 is 27.2 Å². The van der Waals surface area contributed by atoms with Crippen molar-refractivity contribution in [3.63, 3.8) is 0 Å². The molecule has 0 heterocycles. The van der Waals surface area contributed by atoms with Crippen molar-refractivity contribution in [1.29, 1.82) is 0 Å². The number of hydrogen-bond donors (Lipinski definition) is 0. The Morgan fingerprint density at radius 2 is 1.74 bits per heavy atom. The van der Waals surface area contributed by atoms with Gasteiger partial charge >= 0.3 is 5.97 Å². The lowest BCUT2D eigenvalue weighted by Crippen LogP contribution is -2.10. The van der Waals surface area contributed by atoms with Crippen molar-refractivity contribution in [3.8, 4) is 0 Å². The Bertz CT molecular complexity index is 560. The molecule has 0 aliphatic heterocycles. The monoisotopic (exact) mass is 388 g/mol. The number of nitro benzene ring substituents is 2. The van der Waals surface area contributed by atoms with Crippen LogP contribution in [0.2, 0.25) is 0 Å². The molecule has 0 bridgehead atoms. The molecule has 0 amide bonds. The molecule has 126 valence electrons. The minimum atomic E-state index is -0.801. The van der Waals surface area contributed by atoms with Gasteiger partial charge < -0.3 is 4.74 Å². The highest BCUT2D eigenvalue weighted by atomic mass is 79.9. The highest BCUT2D eigenvalue weighted by Crippen LogP contribution is 2.23. The molecule has 1 aromatic rings. The van der Waals surface area contributed by atoms with Crippen LogP contribution < -0.4 is 0 Å². The van der Waals surface area contributed by atoms with E-state index in [0.29, 0.717) is 12.3 Å². The standard InChI is InChI=1S/C14H17BrN2O6/c1-10(3-2-5-15)4-6-23-14(18)11-7-12(16(19)20)9-13(8-11)17(21)22/h7-10H,2-6H2,1H3. The van der Waals surface area contributed by atoms with Gasteiger partial charge in [0.2, 0.25) is 0 Å². The Labute approximate surface area is 141 Å². The summed E-state index contributed by atoms with van der Waals surface area (Å²) in [4.78, 5) is 31.9. The van der Waals surface area contributed by atoms with Crippen LogP contribution in [0.1, 0.15) is 36.5 Å². The van der Waals surface area contributed by atoms with Gasteiger partial charge in [-0.2, -0.15) is 0 Å². The van der Waals surface area contributed by atoms with Crippen LogP contribution in [-0.2, 0) is 4.74 Å². The quantitative estimate of drug-likeness (QED) is 0.274. The Morgan fingerprint density at radius 1 is 1.17 bits per heavy atom. The average molecular weight is 389 g/mol. The van der Waals surface area contributed by atoms with Crippen molar-refractivity contribution in [3.05, 3.63) is 44.0 Å². The smallest absolute Gasteiger partial charge is 0.338 e. The highest BCUT2D eigenvalue weighted by Gasteiger charge is 2.20. The van der Waals surface area contributed by atoms with Crippen LogP contribution in [0.15, 0.2) is 18.2 Å². The Balaban J connectivity index is 2.72. The van der Waals surface area contributed by atoms with Gasteiger partial charge in [0.25, 0.3) is 11.4 Å². The zero-order chi connectivity index (χ0) is 17.4. The number of carbonyl (C=O) groups is 1. The molecular formula is C14H17BrN2O6. The fourth-order valence-corrected chi connectivity index (χ4v) is 2.25. The van der Waals surface area contributed by atoms with Crippen LogP contribution in [-0.4, -0.2) is 27.8 Å². The fourth-order valence-electron chi connectivity index (χ4n) is 1.93. The molecule has 8 nitrogen and oxygen atoms in total. The molecule has 0 saturated carbocycles. The predicted molar refractivity (Wildman–Crippen MR) is 86.8 cm³/mol. The molecule has 1 aromatic carbocycles. The predicted octanol–water partition coefficient (Wildman–Crippen LogP) is 3.86. The van der Waals surface area contributed by atoms with Gasteiger partial charge in [0.15, 0.2) is 0 Å². The second-order valence-corrected chi connectivity index (χ2v) is 5.91. The van der Waals surface area contributed by atoms with E-state index in [1.165, 1.54) is 0 Å².